The number of halogens is 2. The summed E-state index contributed by atoms with van der Waals surface area (Å²) in [6, 6.07) is 1.88. The Bertz CT molecular complexity index is 278. The lowest BCUT2D eigenvalue weighted by molar-refractivity contribution is 0.168. The minimum atomic E-state index is -0.479. The van der Waals surface area contributed by atoms with Crippen LogP contribution < -0.4 is 0 Å². The molecular weight excluding hydrogens is 286 g/mol. The second kappa shape index (κ2) is 4.35. The molecule has 0 saturated carbocycles. The quantitative estimate of drug-likeness (QED) is 0.909. The van der Waals surface area contributed by atoms with Crippen LogP contribution >= 0.6 is 31.9 Å². The molecule has 0 aliphatic rings. The van der Waals surface area contributed by atoms with E-state index in [2.05, 4.69) is 36.8 Å². The third kappa shape index (κ3) is 2.28. The zero-order valence-corrected chi connectivity index (χ0v) is 9.76. The fraction of sp³-hybridized carbons (Fsp3) is 0.375. The van der Waals surface area contributed by atoms with E-state index in [0.717, 1.165) is 8.95 Å². The zero-order chi connectivity index (χ0) is 9.14. The van der Waals surface area contributed by atoms with E-state index in [4.69, 9.17) is 0 Å². The van der Waals surface area contributed by atoms with Crippen LogP contribution in [0.5, 0.6) is 0 Å². The first-order chi connectivity index (χ1) is 5.65. The highest BCUT2D eigenvalue weighted by atomic mass is 79.9. The Balaban J connectivity index is 3.01. The van der Waals surface area contributed by atoms with Crippen molar-refractivity contribution in [2.75, 3.05) is 0 Å². The summed E-state index contributed by atoms with van der Waals surface area (Å²) < 4.78 is 1.74. The maximum absolute atomic E-state index is 9.49. The predicted octanol–water partition coefficient (Wildman–Crippen LogP) is 3.05. The smallest absolute Gasteiger partial charge is 0.0968 e. The van der Waals surface area contributed by atoms with Crippen molar-refractivity contribution in [3.8, 4) is 0 Å². The lowest BCUT2D eigenvalue weighted by Crippen LogP contribution is -1.99. The summed E-state index contributed by atoms with van der Waals surface area (Å²) in [5, 5.41) is 9.49. The summed E-state index contributed by atoms with van der Waals surface area (Å²) in [5.41, 5.74) is 0.695. The molecule has 0 radical (unpaired) electrons. The van der Waals surface area contributed by atoms with E-state index in [1.165, 1.54) is 0 Å². The largest absolute Gasteiger partial charge is 0.387 e. The van der Waals surface area contributed by atoms with Gasteiger partial charge < -0.3 is 5.11 Å². The predicted molar refractivity (Wildman–Crippen MR) is 54.9 cm³/mol. The van der Waals surface area contributed by atoms with E-state index in [1.54, 1.807) is 6.20 Å². The van der Waals surface area contributed by atoms with Crippen LogP contribution in [0.2, 0.25) is 0 Å². The van der Waals surface area contributed by atoms with Gasteiger partial charge in [-0.2, -0.15) is 0 Å². The number of pyridine rings is 1. The molecule has 1 aromatic heterocycles. The minimum Gasteiger partial charge on any atom is -0.387 e. The second-order valence-corrected chi connectivity index (χ2v) is 4.21. The van der Waals surface area contributed by atoms with Gasteiger partial charge >= 0.3 is 0 Å². The van der Waals surface area contributed by atoms with Crippen molar-refractivity contribution in [1.82, 2.24) is 4.98 Å². The highest BCUT2D eigenvalue weighted by Crippen LogP contribution is 2.25. The topological polar surface area (TPSA) is 33.1 Å². The van der Waals surface area contributed by atoms with Crippen molar-refractivity contribution >= 4 is 31.9 Å². The summed E-state index contributed by atoms with van der Waals surface area (Å²) in [4.78, 5) is 4.10. The zero-order valence-electron chi connectivity index (χ0n) is 6.59. The van der Waals surface area contributed by atoms with Crippen LogP contribution in [0.3, 0.4) is 0 Å². The maximum Gasteiger partial charge on any atom is 0.0968 e. The van der Waals surface area contributed by atoms with Crippen LogP contribution in [0.25, 0.3) is 0 Å². The fourth-order valence-corrected chi connectivity index (χ4v) is 2.12. The van der Waals surface area contributed by atoms with Gasteiger partial charge in [-0.05, 0) is 44.3 Å². The summed E-state index contributed by atoms with van der Waals surface area (Å²) in [6.45, 7) is 1.92. The van der Waals surface area contributed by atoms with Crippen molar-refractivity contribution in [3.05, 3.63) is 26.9 Å². The number of nitrogens with zero attached hydrogens (tertiary/aromatic N) is 1. The summed E-state index contributed by atoms with van der Waals surface area (Å²) in [5.74, 6) is 0. The van der Waals surface area contributed by atoms with Gasteiger partial charge in [0, 0.05) is 15.1 Å². The molecule has 1 rings (SSSR count). The van der Waals surface area contributed by atoms with Gasteiger partial charge in [-0.15, -0.1) is 0 Å². The fourth-order valence-electron chi connectivity index (χ4n) is 0.864. The number of aromatic nitrogens is 1. The molecule has 1 atom stereocenters. The van der Waals surface area contributed by atoms with Gasteiger partial charge in [-0.25, -0.2) is 0 Å². The van der Waals surface area contributed by atoms with Gasteiger partial charge in [-0.3, -0.25) is 4.98 Å². The summed E-state index contributed by atoms with van der Waals surface area (Å²) >= 11 is 6.63. The van der Waals surface area contributed by atoms with Crippen LogP contribution in [0, 0.1) is 0 Å². The van der Waals surface area contributed by atoms with Gasteiger partial charge in [0.15, 0.2) is 0 Å². The molecule has 4 heteroatoms. The summed E-state index contributed by atoms with van der Waals surface area (Å²) in [7, 11) is 0. The molecule has 2 nitrogen and oxygen atoms in total. The highest BCUT2D eigenvalue weighted by Gasteiger charge is 2.10. The molecular formula is C8H9Br2NO. The molecule has 1 heterocycles. The van der Waals surface area contributed by atoms with Crippen molar-refractivity contribution in [2.24, 2.45) is 0 Å². The highest BCUT2D eigenvalue weighted by molar-refractivity contribution is 9.11. The molecule has 0 aromatic carbocycles. The molecule has 0 amide bonds. The van der Waals surface area contributed by atoms with Crippen LogP contribution in [-0.4, -0.2) is 10.1 Å². The Morgan fingerprint density at radius 3 is 2.75 bits per heavy atom. The Kier molecular flexibility index (Phi) is 3.68. The van der Waals surface area contributed by atoms with E-state index in [9.17, 15) is 5.11 Å². The van der Waals surface area contributed by atoms with Gasteiger partial charge in [0.05, 0.1) is 11.8 Å². The maximum atomic E-state index is 9.49. The van der Waals surface area contributed by atoms with Gasteiger partial charge in [0.2, 0.25) is 0 Å². The first-order valence-corrected chi connectivity index (χ1v) is 5.22. The lowest BCUT2D eigenvalue weighted by Gasteiger charge is -2.08. The average molecular weight is 295 g/mol. The Hall–Kier alpha value is 0.0700. The number of aliphatic hydroxyl groups is 1. The SMILES string of the molecule is CC[C@H](O)c1ncc(Br)cc1Br. The molecule has 0 bridgehead atoms. The summed E-state index contributed by atoms with van der Waals surface area (Å²) in [6.07, 6.45) is 1.87. The lowest BCUT2D eigenvalue weighted by atomic mass is 10.2. The van der Waals surface area contributed by atoms with Crippen molar-refractivity contribution in [3.63, 3.8) is 0 Å². The van der Waals surface area contributed by atoms with Crippen molar-refractivity contribution < 1.29 is 5.11 Å². The number of hydrogen-bond donors (Lipinski definition) is 1. The van der Waals surface area contributed by atoms with E-state index < -0.39 is 6.10 Å². The van der Waals surface area contributed by atoms with Crippen molar-refractivity contribution in [2.45, 2.75) is 19.4 Å². The van der Waals surface area contributed by atoms with Crippen LogP contribution in [0.1, 0.15) is 25.1 Å². The second-order valence-electron chi connectivity index (χ2n) is 2.44. The first-order valence-electron chi connectivity index (χ1n) is 3.64. The normalized spacial score (nSPS) is 13.0. The molecule has 0 fully saturated rings. The number of hydrogen-bond acceptors (Lipinski definition) is 2. The van der Waals surface area contributed by atoms with E-state index in [0.29, 0.717) is 12.1 Å². The van der Waals surface area contributed by atoms with Crippen LogP contribution in [0.4, 0.5) is 0 Å². The third-order valence-corrected chi connectivity index (χ3v) is 2.61. The first kappa shape index (κ1) is 10.2. The van der Waals surface area contributed by atoms with Gasteiger partial charge in [-0.1, -0.05) is 6.92 Å². The average Bonchev–Trinajstić information content (AvgIpc) is 2.03. The molecule has 0 saturated heterocycles. The van der Waals surface area contributed by atoms with Crippen LogP contribution in [-0.2, 0) is 0 Å². The molecule has 0 aliphatic heterocycles. The molecule has 0 aliphatic carbocycles. The Labute approximate surface area is 88.3 Å². The molecule has 66 valence electrons. The molecule has 0 unspecified atom stereocenters. The van der Waals surface area contributed by atoms with E-state index in [-0.39, 0.29) is 0 Å². The monoisotopic (exact) mass is 293 g/mol. The molecule has 12 heavy (non-hydrogen) atoms. The van der Waals surface area contributed by atoms with Gasteiger partial charge in [0.25, 0.3) is 0 Å². The standard InChI is InChI=1S/C8H9Br2NO/c1-2-7(12)8-6(10)3-5(9)4-11-8/h3-4,7,12H,2H2,1H3/t7-/m0/s1. The number of rotatable bonds is 2. The minimum absolute atomic E-state index is 0.479. The third-order valence-electron chi connectivity index (χ3n) is 1.54. The van der Waals surface area contributed by atoms with Crippen molar-refractivity contribution in [1.29, 1.82) is 0 Å². The van der Waals surface area contributed by atoms with E-state index in [1.807, 2.05) is 13.0 Å². The molecule has 1 aromatic rings. The Morgan fingerprint density at radius 2 is 2.25 bits per heavy atom. The van der Waals surface area contributed by atoms with E-state index >= 15 is 0 Å². The van der Waals surface area contributed by atoms with Gasteiger partial charge in [0.1, 0.15) is 0 Å². The number of aliphatic hydroxyl groups excluding tert-OH is 1. The Morgan fingerprint density at radius 1 is 1.58 bits per heavy atom. The molecule has 1 N–H and O–H groups in total. The van der Waals surface area contributed by atoms with Crippen LogP contribution in [0.15, 0.2) is 21.2 Å². The molecule has 0 spiro atoms.